The molecular formula is C14H16F2N2OS. The van der Waals surface area contributed by atoms with Crippen molar-refractivity contribution in [1.29, 1.82) is 0 Å². The molecule has 0 amide bonds. The maximum atomic E-state index is 12.0. The number of halogens is 2. The molecular weight excluding hydrogens is 282 g/mol. The monoisotopic (exact) mass is 298 g/mol. The minimum Gasteiger partial charge on any atom is -0.435 e. The SMILES string of the molecule is Cc1cnc(CNC(C)c2ccc(OC(F)F)cc2)s1. The van der Waals surface area contributed by atoms with E-state index in [-0.39, 0.29) is 11.8 Å². The normalized spacial score (nSPS) is 12.7. The minimum absolute atomic E-state index is 0.111. The van der Waals surface area contributed by atoms with E-state index in [4.69, 9.17) is 0 Å². The molecule has 0 radical (unpaired) electrons. The van der Waals surface area contributed by atoms with Crippen LogP contribution in [-0.4, -0.2) is 11.6 Å². The zero-order chi connectivity index (χ0) is 14.5. The van der Waals surface area contributed by atoms with Gasteiger partial charge in [-0.1, -0.05) is 12.1 Å². The van der Waals surface area contributed by atoms with Crippen LogP contribution in [0.2, 0.25) is 0 Å². The first-order valence-corrected chi connectivity index (χ1v) is 7.05. The first-order chi connectivity index (χ1) is 9.54. The molecule has 0 saturated heterocycles. The maximum absolute atomic E-state index is 12.0. The van der Waals surface area contributed by atoms with E-state index in [0.717, 1.165) is 10.6 Å². The van der Waals surface area contributed by atoms with E-state index in [2.05, 4.69) is 15.0 Å². The van der Waals surface area contributed by atoms with Gasteiger partial charge in [-0.3, -0.25) is 0 Å². The number of thiazole rings is 1. The van der Waals surface area contributed by atoms with Gasteiger partial charge in [0.25, 0.3) is 0 Å². The van der Waals surface area contributed by atoms with Crippen molar-refractivity contribution < 1.29 is 13.5 Å². The van der Waals surface area contributed by atoms with E-state index in [1.807, 2.05) is 20.0 Å². The van der Waals surface area contributed by atoms with Gasteiger partial charge in [-0.25, -0.2) is 4.98 Å². The second-order valence-electron chi connectivity index (χ2n) is 4.41. The Morgan fingerprint density at radius 1 is 1.30 bits per heavy atom. The third-order valence-electron chi connectivity index (χ3n) is 2.83. The number of aromatic nitrogens is 1. The number of aryl methyl sites for hydroxylation is 1. The molecule has 1 unspecified atom stereocenters. The van der Waals surface area contributed by atoms with E-state index in [0.29, 0.717) is 6.54 Å². The van der Waals surface area contributed by atoms with Crippen LogP contribution in [0.15, 0.2) is 30.5 Å². The van der Waals surface area contributed by atoms with Crippen molar-refractivity contribution in [1.82, 2.24) is 10.3 Å². The molecule has 0 aliphatic heterocycles. The predicted molar refractivity (Wildman–Crippen MR) is 75.2 cm³/mol. The number of nitrogens with one attached hydrogen (secondary N) is 1. The van der Waals surface area contributed by atoms with Crippen molar-refractivity contribution in [3.05, 3.63) is 45.9 Å². The fourth-order valence-corrected chi connectivity index (χ4v) is 2.52. The second kappa shape index (κ2) is 6.76. The lowest BCUT2D eigenvalue weighted by Gasteiger charge is -2.14. The van der Waals surface area contributed by atoms with Gasteiger partial charge < -0.3 is 10.1 Å². The van der Waals surface area contributed by atoms with Gasteiger partial charge >= 0.3 is 6.61 Å². The fourth-order valence-electron chi connectivity index (χ4n) is 1.78. The standard InChI is InChI=1S/C14H16F2N2OS/c1-9-7-18-13(20-9)8-17-10(2)11-3-5-12(6-4-11)19-14(15)16/h3-7,10,14,17H,8H2,1-2H3. The van der Waals surface area contributed by atoms with Crippen LogP contribution in [0.5, 0.6) is 5.75 Å². The lowest BCUT2D eigenvalue weighted by atomic mass is 10.1. The lowest BCUT2D eigenvalue weighted by molar-refractivity contribution is -0.0498. The smallest absolute Gasteiger partial charge is 0.387 e. The van der Waals surface area contributed by atoms with Crippen molar-refractivity contribution in [2.24, 2.45) is 0 Å². The summed E-state index contributed by atoms with van der Waals surface area (Å²) in [6.45, 7) is 1.94. The highest BCUT2D eigenvalue weighted by molar-refractivity contribution is 7.11. The van der Waals surface area contributed by atoms with E-state index in [1.54, 1.807) is 35.6 Å². The Labute approximate surface area is 120 Å². The summed E-state index contributed by atoms with van der Waals surface area (Å²) in [6.07, 6.45) is 1.85. The molecule has 2 aromatic rings. The largest absolute Gasteiger partial charge is 0.435 e. The van der Waals surface area contributed by atoms with Crippen LogP contribution in [0.4, 0.5) is 8.78 Å². The summed E-state index contributed by atoms with van der Waals surface area (Å²) >= 11 is 1.66. The van der Waals surface area contributed by atoms with Crippen molar-refractivity contribution >= 4 is 11.3 Å². The molecule has 0 saturated carbocycles. The average Bonchev–Trinajstić information content (AvgIpc) is 2.82. The summed E-state index contributed by atoms with van der Waals surface area (Å²) in [6, 6.07) is 6.77. The Kier molecular flexibility index (Phi) is 5.03. The Hall–Kier alpha value is -1.53. The predicted octanol–water partition coefficient (Wildman–Crippen LogP) is 3.90. The van der Waals surface area contributed by atoms with Gasteiger partial charge in [0.2, 0.25) is 0 Å². The maximum Gasteiger partial charge on any atom is 0.387 e. The van der Waals surface area contributed by atoms with Crippen LogP contribution in [0.25, 0.3) is 0 Å². The molecule has 0 aliphatic carbocycles. The van der Waals surface area contributed by atoms with E-state index in [1.165, 1.54) is 4.88 Å². The Morgan fingerprint density at radius 3 is 2.55 bits per heavy atom. The summed E-state index contributed by atoms with van der Waals surface area (Å²) in [5.41, 5.74) is 1.01. The molecule has 1 atom stereocenters. The van der Waals surface area contributed by atoms with Crippen molar-refractivity contribution in [3.8, 4) is 5.75 Å². The van der Waals surface area contributed by atoms with E-state index < -0.39 is 6.61 Å². The zero-order valence-electron chi connectivity index (χ0n) is 11.3. The number of rotatable bonds is 6. The van der Waals surface area contributed by atoms with Crippen LogP contribution in [0.1, 0.15) is 28.4 Å². The third-order valence-corrected chi connectivity index (χ3v) is 3.75. The molecule has 6 heteroatoms. The van der Waals surface area contributed by atoms with Gasteiger partial charge in [0.05, 0.1) is 0 Å². The molecule has 0 spiro atoms. The Bertz CT molecular complexity index is 542. The highest BCUT2D eigenvalue weighted by Gasteiger charge is 2.08. The topological polar surface area (TPSA) is 34.2 Å². The van der Waals surface area contributed by atoms with Gasteiger partial charge in [0.15, 0.2) is 0 Å². The van der Waals surface area contributed by atoms with Crippen LogP contribution >= 0.6 is 11.3 Å². The average molecular weight is 298 g/mol. The highest BCUT2D eigenvalue weighted by atomic mass is 32.1. The minimum atomic E-state index is -2.79. The van der Waals surface area contributed by atoms with Gasteiger partial charge in [-0.05, 0) is 31.5 Å². The van der Waals surface area contributed by atoms with E-state index in [9.17, 15) is 8.78 Å². The summed E-state index contributed by atoms with van der Waals surface area (Å²) in [5.74, 6) is 0.173. The van der Waals surface area contributed by atoms with E-state index >= 15 is 0 Å². The quantitative estimate of drug-likeness (QED) is 0.878. The molecule has 3 nitrogen and oxygen atoms in total. The van der Waals surface area contributed by atoms with Crippen molar-refractivity contribution in [2.75, 3.05) is 0 Å². The van der Waals surface area contributed by atoms with Gasteiger partial charge in [0, 0.05) is 23.7 Å². The van der Waals surface area contributed by atoms with Crippen LogP contribution < -0.4 is 10.1 Å². The van der Waals surface area contributed by atoms with Crippen LogP contribution in [0, 0.1) is 6.92 Å². The highest BCUT2D eigenvalue weighted by Crippen LogP contribution is 2.20. The molecule has 1 aromatic heterocycles. The molecule has 2 rings (SSSR count). The number of hydrogen-bond donors (Lipinski definition) is 1. The summed E-state index contributed by atoms with van der Waals surface area (Å²) < 4.78 is 28.4. The molecule has 0 aliphatic rings. The molecule has 1 N–H and O–H groups in total. The molecule has 20 heavy (non-hydrogen) atoms. The number of ether oxygens (including phenoxy) is 1. The third kappa shape index (κ3) is 4.25. The summed E-state index contributed by atoms with van der Waals surface area (Å²) in [4.78, 5) is 5.46. The number of nitrogens with zero attached hydrogens (tertiary/aromatic N) is 1. The molecule has 1 heterocycles. The molecule has 0 bridgehead atoms. The lowest BCUT2D eigenvalue weighted by Crippen LogP contribution is -2.17. The zero-order valence-corrected chi connectivity index (χ0v) is 12.1. The van der Waals surface area contributed by atoms with Crippen LogP contribution in [-0.2, 0) is 6.54 Å². The number of hydrogen-bond acceptors (Lipinski definition) is 4. The van der Waals surface area contributed by atoms with Crippen LogP contribution in [0.3, 0.4) is 0 Å². The van der Waals surface area contributed by atoms with Crippen molar-refractivity contribution in [2.45, 2.75) is 33.0 Å². The van der Waals surface area contributed by atoms with Gasteiger partial charge in [-0.2, -0.15) is 8.78 Å². The summed E-state index contributed by atoms with van der Waals surface area (Å²) in [5, 5.41) is 4.38. The second-order valence-corrected chi connectivity index (χ2v) is 5.73. The molecule has 1 aromatic carbocycles. The first kappa shape index (κ1) is 14.9. The van der Waals surface area contributed by atoms with Crippen molar-refractivity contribution in [3.63, 3.8) is 0 Å². The number of benzene rings is 1. The van der Waals surface area contributed by atoms with Gasteiger partial charge in [-0.15, -0.1) is 11.3 Å². The summed E-state index contributed by atoms with van der Waals surface area (Å²) in [7, 11) is 0. The molecule has 0 fully saturated rings. The Balaban J connectivity index is 1.90. The fraction of sp³-hybridized carbons (Fsp3) is 0.357. The first-order valence-electron chi connectivity index (χ1n) is 6.24. The van der Waals surface area contributed by atoms with Gasteiger partial charge in [0.1, 0.15) is 10.8 Å². The molecule has 108 valence electrons. The number of alkyl halides is 2. The Morgan fingerprint density at radius 2 is 2.00 bits per heavy atom.